The molecule has 0 fully saturated rings. The minimum Gasteiger partial charge on any atom is -0.309 e. The predicted octanol–water partition coefficient (Wildman–Crippen LogP) is 12.5. The number of pyridine rings is 1. The van der Waals surface area contributed by atoms with E-state index >= 15 is 0 Å². The van der Waals surface area contributed by atoms with Crippen molar-refractivity contribution in [2.75, 3.05) is 0 Å². The minimum atomic E-state index is 0.920. The van der Waals surface area contributed by atoms with Gasteiger partial charge in [0.15, 0.2) is 0 Å². The molecule has 0 bridgehead atoms. The third kappa shape index (κ3) is 3.80. The molecule has 0 radical (unpaired) electrons. The lowest BCUT2D eigenvalue weighted by atomic mass is 9.99. The smallest absolute Gasteiger partial charge is 0.138 e. The van der Waals surface area contributed by atoms with E-state index in [-0.39, 0.29) is 0 Å². The molecule has 3 nitrogen and oxygen atoms in total. The number of hydrogen-bond acceptors (Lipinski definition) is 2. The quantitative estimate of drug-likeness (QED) is 0.188. The van der Waals surface area contributed by atoms with Crippen molar-refractivity contribution in [3.05, 3.63) is 164 Å². The van der Waals surface area contributed by atoms with E-state index in [1.165, 1.54) is 69.4 Å². The minimum absolute atomic E-state index is 0.920. The molecule has 0 spiro atoms. The third-order valence-electron chi connectivity index (χ3n) is 10.1. The van der Waals surface area contributed by atoms with Gasteiger partial charge in [-0.3, -0.25) is 4.57 Å². The van der Waals surface area contributed by atoms with Crippen LogP contribution in [0.15, 0.2) is 164 Å². The van der Waals surface area contributed by atoms with Crippen LogP contribution in [-0.2, 0) is 0 Å². The highest BCUT2D eigenvalue weighted by Crippen LogP contribution is 2.44. The van der Waals surface area contributed by atoms with Gasteiger partial charge in [-0.1, -0.05) is 109 Å². The topological polar surface area (TPSA) is 22.8 Å². The van der Waals surface area contributed by atoms with E-state index in [0.29, 0.717) is 0 Å². The Hall–Kier alpha value is -6.23. The van der Waals surface area contributed by atoms with Crippen LogP contribution < -0.4 is 0 Å². The van der Waals surface area contributed by atoms with Gasteiger partial charge in [0.1, 0.15) is 5.82 Å². The molecular formula is C45H27N3S. The van der Waals surface area contributed by atoms with E-state index in [0.717, 1.165) is 27.9 Å². The maximum absolute atomic E-state index is 5.35. The lowest BCUT2D eigenvalue weighted by molar-refractivity contribution is 1.10. The molecule has 0 atom stereocenters. The molecule has 4 aromatic heterocycles. The number of benzene rings is 7. The van der Waals surface area contributed by atoms with Crippen molar-refractivity contribution in [3.8, 4) is 22.6 Å². The van der Waals surface area contributed by atoms with Crippen molar-refractivity contribution < 1.29 is 0 Å². The third-order valence-corrected chi connectivity index (χ3v) is 11.3. The number of para-hydroxylation sites is 4. The monoisotopic (exact) mass is 641 g/mol. The summed E-state index contributed by atoms with van der Waals surface area (Å²) in [7, 11) is 0. The standard InChI is InChI=1S/C45H27N3S/c1-2-12-29(13-3-1)47-38-19-9-5-15-31(38)32-23-22-28(26-41(32)47)36-27-43(46-37-18-8-4-14-30(36)37)48-39-20-10-6-17-35(39)44-40(48)25-24-34-33-16-7-11-21-42(33)49-45(34)44/h1-27H. The second-order valence-corrected chi connectivity index (χ2v) is 13.8. The van der Waals surface area contributed by atoms with Crippen molar-refractivity contribution in [2.24, 2.45) is 0 Å². The zero-order chi connectivity index (χ0) is 32.1. The van der Waals surface area contributed by atoms with Crippen LogP contribution in [0.2, 0.25) is 0 Å². The number of nitrogens with zero attached hydrogens (tertiary/aromatic N) is 3. The average Bonchev–Trinajstić information content (AvgIpc) is 3.82. The summed E-state index contributed by atoms with van der Waals surface area (Å²) in [4.78, 5) is 5.35. The maximum Gasteiger partial charge on any atom is 0.138 e. The first kappa shape index (κ1) is 26.8. The van der Waals surface area contributed by atoms with Crippen LogP contribution in [0.1, 0.15) is 0 Å². The van der Waals surface area contributed by atoms with Crippen LogP contribution in [0.25, 0.3) is 97.3 Å². The fraction of sp³-hybridized carbons (Fsp3) is 0. The molecule has 0 aliphatic rings. The summed E-state index contributed by atoms with van der Waals surface area (Å²) in [6.45, 7) is 0. The highest BCUT2D eigenvalue weighted by molar-refractivity contribution is 7.26. The molecule has 0 aliphatic heterocycles. The maximum atomic E-state index is 5.35. The van der Waals surface area contributed by atoms with E-state index in [2.05, 4.69) is 173 Å². The van der Waals surface area contributed by atoms with E-state index in [1.807, 2.05) is 11.3 Å². The van der Waals surface area contributed by atoms with Gasteiger partial charge >= 0.3 is 0 Å². The Bertz CT molecular complexity index is 3110. The molecule has 0 aliphatic carbocycles. The molecule has 0 N–H and O–H groups in total. The molecule has 4 heteroatoms. The number of thiophene rings is 1. The summed E-state index contributed by atoms with van der Waals surface area (Å²) < 4.78 is 7.40. The first-order chi connectivity index (χ1) is 24.3. The number of hydrogen-bond donors (Lipinski definition) is 0. The van der Waals surface area contributed by atoms with Gasteiger partial charge in [-0.15, -0.1) is 11.3 Å². The van der Waals surface area contributed by atoms with Gasteiger partial charge in [-0.05, 0) is 65.7 Å². The van der Waals surface area contributed by atoms with Gasteiger partial charge in [0.05, 0.1) is 27.6 Å². The fourth-order valence-electron chi connectivity index (χ4n) is 7.99. The van der Waals surface area contributed by atoms with E-state index in [4.69, 9.17) is 4.98 Å². The molecule has 0 saturated carbocycles. The zero-order valence-corrected chi connectivity index (χ0v) is 27.2. The highest BCUT2D eigenvalue weighted by atomic mass is 32.1. The molecule has 11 rings (SSSR count). The lowest BCUT2D eigenvalue weighted by Gasteiger charge is -2.14. The lowest BCUT2D eigenvalue weighted by Crippen LogP contribution is -1.99. The van der Waals surface area contributed by atoms with Crippen LogP contribution >= 0.6 is 11.3 Å². The van der Waals surface area contributed by atoms with Gasteiger partial charge in [0.2, 0.25) is 0 Å². The SMILES string of the molecule is c1ccc(-n2c3ccccc3c3ccc(-c4cc(-n5c6ccccc6c6c7sc8ccccc8c7ccc65)nc5ccccc45)cc32)cc1. The highest BCUT2D eigenvalue weighted by Gasteiger charge is 2.20. The number of aromatic nitrogens is 3. The predicted molar refractivity (Wildman–Crippen MR) is 209 cm³/mol. The van der Waals surface area contributed by atoms with Crippen LogP contribution in [0.5, 0.6) is 0 Å². The van der Waals surface area contributed by atoms with Crippen molar-refractivity contribution in [1.82, 2.24) is 14.1 Å². The first-order valence-corrected chi connectivity index (χ1v) is 17.5. The van der Waals surface area contributed by atoms with Crippen molar-refractivity contribution >= 4 is 86.0 Å². The summed E-state index contributed by atoms with van der Waals surface area (Å²) in [6.07, 6.45) is 0. The molecule has 4 heterocycles. The van der Waals surface area contributed by atoms with Crippen LogP contribution in [0, 0.1) is 0 Å². The second kappa shape index (κ2) is 10.1. The van der Waals surface area contributed by atoms with Gasteiger partial charge in [-0.25, -0.2) is 4.98 Å². The zero-order valence-electron chi connectivity index (χ0n) is 26.3. The van der Waals surface area contributed by atoms with Gasteiger partial charge in [0, 0.05) is 52.8 Å². The second-order valence-electron chi connectivity index (χ2n) is 12.8. The molecule has 11 aromatic rings. The molecule has 0 saturated heterocycles. The Labute approximate surface area is 285 Å². The number of fused-ring (bicyclic) bond motifs is 11. The molecule has 0 unspecified atom stereocenters. The Morgan fingerprint density at radius 3 is 1.94 bits per heavy atom. The van der Waals surface area contributed by atoms with Crippen LogP contribution in [0.3, 0.4) is 0 Å². The van der Waals surface area contributed by atoms with E-state index in [9.17, 15) is 0 Å². The fourth-order valence-corrected chi connectivity index (χ4v) is 9.25. The Balaban J connectivity index is 1.21. The largest absolute Gasteiger partial charge is 0.309 e. The number of rotatable bonds is 3. The van der Waals surface area contributed by atoms with Crippen molar-refractivity contribution in [1.29, 1.82) is 0 Å². The summed E-state index contributed by atoms with van der Waals surface area (Å²) in [5, 5.41) is 8.81. The molecule has 0 amide bonds. The van der Waals surface area contributed by atoms with Gasteiger partial charge < -0.3 is 4.57 Å². The molecular weight excluding hydrogens is 615 g/mol. The molecule has 7 aromatic carbocycles. The summed E-state index contributed by atoms with van der Waals surface area (Å²) in [6, 6.07) is 59.3. The van der Waals surface area contributed by atoms with Crippen LogP contribution in [0.4, 0.5) is 0 Å². The Kier molecular flexibility index (Phi) is 5.54. The van der Waals surface area contributed by atoms with E-state index < -0.39 is 0 Å². The van der Waals surface area contributed by atoms with Gasteiger partial charge in [0.25, 0.3) is 0 Å². The van der Waals surface area contributed by atoms with E-state index in [1.54, 1.807) is 0 Å². The molecule has 49 heavy (non-hydrogen) atoms. The Morgan fingerprint density at radius 1 is 0.429 bits per heavy atom. The van der Waals surface area contributed by atoms with Crippen LogP contribution in [-0.4, -0.2) is 14.1 Å². The normalized spacial score (nSPS) is 12.1. The van der Waals surface area contributed by atoms with Crippen molar-refractivity contribution in [3.63, 3.8) is 0 Å². The average molecular weight is 642 g/mol. The Morgan fingerprint density at radius 2 is 1.08 bits per heavy atom. The summed E-state index contributed by atoms with van der Waals surface area (Å²) in [5.41, 5.74) is 9.21. The first-order valence-electron chi connectivity index (χ1n) is 16.6. The van der Waals surface area contributed by atoms with Gasteiger partial charge in [-0.2, -0.15) is 0 Å². The van der Waals surface area contributed by atoms with Crippen molar-refractivity contribution in [2.45, 2.75) is 0 Å². The summed E-state index contributed by atoms with van der Waals surface area (Å²) in [5.74, 6) is 0.920. The summed E-state index contributed by atoms with van der Waals surface area (Å²) >= 11 is 1.88. The molecule has 228 valence electrons.